The Morgan fingerprint density at radius 2 is 2.08 bits per heavy atom. The SMILES string of the molecule is CC/C(C)=C1/C(=C\C(=N)c2cc(C)no2)CCCc2ccccc21. The van der Waals surface area contributed by atoms with Crippen LogP contribution < -0.4 is 0 Å². The molecule has 3 rings (SSSR count). The Morgan fingerprint density at radius 3 is 2.79 bits per heavy atom. The fourth-order valence-electron chi connectivity index (χ4n) is 3.31. The van der Waals surface area contributed by atoms with E-state index in [1.54, 1.807) is 0 Å². The molecule has 0 radical (unpaired) electrons. The van der Waals surface area contributed by atoms with Gasteiger partial charge in [0.15, 0.2) is 5.76 Å². The molecule has 1 aromatic heterocycles. The minimum Gasteiger partial charge on any atom is -0.354 e. The minimum absolute atomic E-state index is 0.395. The van der Waals surface area contributed by atoms with Crippen LogP contribution in [0.3, 0.4) is 0 Å². The molecule has 1 heterocycles. The first-order valence-electron chi connectivity index (χ1n) is 8.61. The summed E-state index contributed by atoms with van der Waals surface area (Å²) in [5.41, 5.74) is 7.85. The molecule has 3 heteroatoms. The first-order chi connectivity index (χ1) is 11.6. The van der Waals surface area contributed by atoms with Crippen molar-refractivity contribution in [1.29, 1.82) is 5.41 Å². The zero-order valence-corrected chi connectivity index (χ0v) is 14.6. The number of benzene rings is 1. The predicted molar refractivity (Wildman–Crippen MR) is 98.4 cm³/mol. The number of nitrogens with one attached hydrogen (secondary N) is 1. The Morgan fingerprint density at radius 1 is 1.29 bits per heavy atom. The third-order valence-electron chi connectivity index (χ3n) is 4.67. The topological polar surface area (TPSA) is 49.9 Å². The van der Waals surface area contributed by atoms with E-state index in [2.05, 4.69) is 43.3 Å². The summed E-state index contributed by atoms with van der Waals surface area (Å²) in [5.74, 6) is 0.533. The van der Waals surface area contributed by atoms with Crippen LogP contribution in [0.1, 0.15) is 55.7 Å². The number of rotatable bonds is 3. The van der Waals surface area contributed by atoms with Gasteiger partial charge in [-0.2, -0.15) is 0 Å². The summed E-state index contributed by atoms with van der Waals surface area (Å²) in [6.45, 7) is 6.27. The number of aryl methyl sites for hydroxylation is 2. The highest BCUT2D eigenvalue weighted by molar-refractivity contribution is 6.07. The van der Waals surface area contributed by atoms with Crippen LogP contribution in [0.2, 0.25) is 0 Å². The van der Waals surface area contributed by atoms with E-state index in [0.717, 1.165) is 31.4 Å². The van der Waals surface area contributed by atoms with Crippen LogP contribution in [0.5, 0.6) is 0 Å². The minimum atomic E-state index is 0.395. The Balaban J connectivity index is 2.09. The quantitative estimate of drug-likeness (QED) is 0.600. The lowest BCUT2D eigenvalue weighted by Gasteiger charge is -2.15. The lowest BCUT2D eigenvalue weighted by molar-refractivity contribution is 0.409. The van der Waals surface area contributed by atoms with E-state index < -0.39 is 0 Å². The van der Waals surface area contributed by atoms with E-state index >= 15 is 0 Å². The van der Waals surface area contributed by atoms with Gasteiger partial charge in [0.25, 0.3) is 0 Å². The van der Waals surface area contributed by atoms with Crippen molar-refractivity contribution in [3.05, 3.63) is 70.1 Å². The van der Waals surface area contributed by atoms with Crippen LogP contribution in [-0.2, 0) is 6.42 Å². The summed E-state index contributed by atoms with van der Waals surface area (Å²) >= 11 is 0. The van der Waals surface area contributed by atoms with Crippen LogP contribution in [0, 0.1) is 12.3 Å². The number of aromatic nitrogens is 1. The Labute approximate surface area is 143 Å². The number of hydrogen-bond acceptors (Lipinski definition) is 3. The number of hydrogen-bond donors (Lipinski definition) is 1. The van der Waals surface area contributed by atoms with Crippen molar-refractivity contribution in [3.8, 4) is 0 Å². The van der Waals surface area contributed by atoms with Gasteiger partial charge < -0.3 is 4.52 Å². The van der Waals surface area contributed by atoms with E-state index in [0.29, 0.717) is 11.5 Å². The highest BCUT2D eigenvalue weighted by Gasteiger charge is 2.19. The van der Waals surface area contributed by atoms with Gasteiger partial charge in [-0.05, 0) is 67.9 Å². The molecule has 2 aromatic rings. The molecular formula is C21H24N2O. The normalized spacial score (nSPS) is 18.2. The highest BCUT2D eigenvalue weighted by atomic mass is 16.5. The molecule has 0 bridgehead atoms. The van der Waals surface area contributed by atoms with Crippen molar-refractivity contribution in [1.82, 2.24) is 5.16 Å². The molecule has 0 aliphatic heterocycles. The predicted octanol–water partition coefficient (Wildman–Crippen LogP) is 5.50. The van der Waals surface area contributed by atoms with Crippen molar-refractivity contribution in [2.75, 3.05) is 0 Å². The smallest absolute Gasteiger partial charge is 0.184 e. The Kier molecular flexibility index (Phi) is 4.79. The molecule has 0 atom stereocenters. The van der Waals surface area contributed by atoms with Crippen LogP contribution in [-0.4, -0.2) is 10.9 Å². The Hall–Kier alpha value is -2.42. The summed E-state index contributed by atoms with van der Waals surface area (Å²) in [5, 5.41) is 12.3. The molecule has 1 aliphatic rings. The van der Waals surface area contributed by atoms with E-state index in [1.165, 1.54) is 27.8 Å². The summed E-state index contributed by atoms with van der Waals surface area (Å²) in [7, 11) is 0. The molecule has 0 saturated carbocycles. The summed E-state index contributed by atoms with van der Waals surface area (Å²) < 4.78 is 5.26. The molecule has 1 aromatic carbocycles. The average Bonchev–Trinajstić information content (AvgIpc) is 2.94. The molecule has 1 aliphatic carbocycles. The second kappa shape index (κ2) is 7.00. The average molecular weight is 320 g/mol. The van der Waals surface area contributed by atoms with Gasteiger partial charge in [-0.1, -0.05) is 41.9 Å². The maximum atomic E-state index is 8.39. The van der Waals surface area contributed by atoms with Gasteiger partial charge in [0.1, 0.15) is 0 Å². The van der Waals surface area contributed by atoms with Crippen molar-refractivity contribution in [2.45, 2.75) is 46.5 Å². The molecule has 0 spiro atoms. The second-order valence-electron chi connectivity index (χ2n) is 6.44. The van der Waals surface area contributed by atoms with Gasteiger partial charge in [-0.25, -0.2) is 0 Å². The lowest BCUT2D eigenvalue weighted by atomic mass is 9.89. The molecule has 3 nitrogen and oxygen atoms in total. The molecule has 0 saturated heterocycles. The van der Waals surface area contributed by atoms with Crippen molar-refractivity contribution >= 4 is 11.3 Å². The monoisotopic (exact) mass is 320 g/mol. The zero-order chi connectivity index (χ0) is 17.1. The molecule has 0 unspecified atom stereocenters. The first-order valence-corrected chi connectivity index (χ1v) is 8.61. The van der Waals surface area contributed by atoms with E-state index in [1.807, 2.05) is 19.1 Å². The van der Waals surface area contributed by atoms with Crippen LogP contribution in [0.25, 0.3) is 5.57 Å². The third kappa shape index (κ3) is 3.25. The molecule has 1 N–H and O–H groups in total. The fraction of sp³-hybridized carbons (Fsp3) is 0.333. The van der Waals surface area contributed by atoms with Gasteiger partial charge in [-0.15, -0.1) is 0 Å². The number of nitrogens with zero attached hydrogens (tertiary/aromatic N) is 1. The van der Waals surface area contributed by atoms with Crippen LogP contribution in [0.4, 0.5) is 0 Å². The highest BCUT2D eigenvalue weighted by Crippen LogP contribution is 2.37. The fourth-order valence-corrected chi connectivity index (χ4v) is 3.31. The summed E-state index contributed by atoms with van der Waals surface area (Å²) in [6.07, 6.45) is 6.15. The third-order valence-corrected chi connectivity index (χ3v) is 4.67. The first kappa shape index (κ1) is 16.4. The summed E-state index contributed by atoms with van der Waals surface area (Å²) in [4.78, 5) is 0. The molecule has 124 valence electrons. The molecule has 24 heavy (non-hydrogen) atoms. The van der Waals surface area contributed by atoms with Crippen molar-refractivity contribution < 1.29 is 4.52 Å². The summed E-state index contributed by atoms with van der Waals surface area (Å²) in [6, 6.07) is 10.5. The van der Waals surface area contributed by atoms with Crippen molar-refractivity contribution in [2.24, 2.45) is 0 Å². The van der Waals surface area contributed by atoms with E-state index in [4.69, 9.17) is 9.93 Å². The van der Waals surface area contributed by atoms with E-state index in [9.17, 15) is 0 Å². The van der Waals surface area contributed by atoms with Gasteiger partial charge in [0.05, 0.1) is 11.4 Å². The number of fused-ring (bicyclic) bond motifs is 1. The number of allylic oxidation sites excluding steroid dienone is 4. The van der Waals surface area contributed by atoms with Gasteiger partial charge >= 0.3 is 0 Å². The molecule has 0 fully saturated rings. The van der Waals surface area contributed by atoms with E-state index in [-0.39, 0.29) is 0 Å². The maximum Gasteiger partial charge on any atom is 0.184 e. The zero-order valence-electron chi connectivity index (χ0n) is 14.6. The standard InChI is InChI=1S/C21H24N2O/c1-4-14(2)21-17(13-19(22)20-12-15(3)23-24-20)10-7-9-16-8-5-6-11-18(16)21/h5-6,8,11-13,22H,4,7,9-10H2,1-3H3/b17-13-,21-14-,22-19?. The maximum absolute atomic E-state index is 8.39. The lowest BCUT2D eigenvalue weighted by Crippen LogP contribution is -1.99. The van der Waals surface area contributed by atoms with Crippen molar-refractivity contribution in [3.63, 3.8) is 0 Å². The second-order valence-corrected chi connectivity index (χ2v) is 6.44. The largest absolute Gasteiger partial charge is 0.354 e. The molecular weight excluding hydrogens is 296 g/mol. The molecule has 0 amide bonds. The van der Waals surface area contributed by atoms with Gasteiger partial charge in [0, 0.05) is 6.07 Å². The Bertz CT molecular complexity index is 824. The van der Waals surface area contributed by atoms with Gasteiger partial charge in [0.2, 0.25) is 0 Å². The van der Waals surface area contributed by atoms with Gasteiger partial charge in [-0.3, -0.25) is 5.41 Å². The van der Waals surface area contributed by atoms with Crippen LogP contribution >= 0.6 is 0 Å². The van der Waals surface area contributed by atoms with Crippen LogP contribution in [0.15, 0.2) is 52.1 Å².